The van der Waals surface area contributed by atoms with E-state index in [1.165, 1.54) is 30.0 Å². The van der Waals surface area contributed by atoms with Crippen molar-refractivity contribution >= 4 is 11.6 Å². The summed E-state index contributed by atoms with van der Waals surface area (Å²) < 4.78 is 16.0. The molecule has 5 nitrogen and oxygen atoms in total. The van der Waals surface area contributed by atoms with Crippen LogP contribution in [-0.4, -0.2) is 15.5 Å². The first-order valence-corrected chi connectivity index (χ1v) is 9.15. The minimum Gasteiger partial charge on any atom is -0.370 e. The molecule has 27 heavy (non-hydrogen) atoms. The van der Waals surface area contributed by atoms with Crippen LogP contribution in [0, 0.1) is 5.82 Å². The van der Waals surface area contributed by atoms with Crippen LogP contribution in [0.25, 0.3) is 5.69 Å². The van der Waals surface area contributed by atoms with Crippen LogP contribution < -0.4 is 11.1 Å². The van der Waals surface area contributed by atoms with Crippen molar-refractivity contribution in [2.75, 3.05) is 5.32 Å². The summed E-state index contributed by atoms with van der Waals surface area (Å²) in [6, 6.07) is 11.3. The topological polar surface area (TPSA) is 68.2 Å². The molecule has 3 aromatic rings. The van der Waals surface area contributed by atoms with Gasteiger partial charge in [-0.25, -0.2) is 14.4 Å². The fourth-order valence-corrected chi connectivity index (χ4v) is 3.51. The van der Waals surface area contributed by atoms with Crippen molar-refractivity contribution in [1.82, 2.24) is 9.55 Å². The summed E-state index contributed by atoms with van der Waals surface area (Å²) in [5.41, 5.74) is 11.0. The van der Waals surface area contributed by atoms with Crippen LogP contribution in [-0.2, 0) is 19.4 Å². The van der Waals surface area contributed by atoms with Crippen molar-refractivity contribution in [1.29, 1.82) is 0 Å². The van der Waals surface area contributed by atoms with Gasteiger partial charge in [0.2, 0.25) is 0 Å². The number of aryl methyl sites for hydroxylation is 1. The molecule has 0 saturated carbocycles. The number of aliphatic imine (C=N–C) groups is 1. The highest BCUT2D eigenvalue weighted by atomic mass is 19.1. The van der Waals surface area contributed by atoms with Crippen LogP contribution in [0.4, 0.5) is 10.1 Å². The number of hydrogen-bond donors (Lipinski definition) is 2. The fourth-order valence-electron chi connectivity index (χ4n) is 3.51. The predicted molar refractivity (Wildman–Crippen MR) is 106 cm³/mol. The Kier molecular flexibility index (Phi) is 4.87. The maximum absolute atomic E-state index is 14.3. The van der Waals surface area contributed by atoms with Crippen LogP contribution in [0.2, 0.25) is 0 Å². The Morgan fingerprint density at radius 2 is 2.11 bits per heavy atom. The van der Waals surface area contributed by atoms with E-state index in [2.05, 4.69) is 21.4 Å². The zero-order valence-corrected chi connectivity index (χ0v) is 15.0. The molecule has 0 saturated heterocycles. The highest BCUT2D eigenvalue weighted by Gasteiger charge is 2.13. The average Bonchev–Trinajstić information content (AvgIpc) is 3.21. The molecule has 1 aromatic heterocycles. The Balaban J connectivity index is 1.46. The molecular weight excluding hydrogens is 341 g/mol. The number of hydrogen-bond acceptors (Lipinski definition) is 2. The predicted octanol–water partition coefficient (Wildman–Crippen LogP) is 3.82. The second-order valence-corrected chi connectivity index (χ2v) is 6.73. The SMILES string of the molecule is NC(=NCc1ccc(-n2ccnc2)c(F)c1)Nc1cccc2c1CCCC2. The Morgan fingerprint density at radius 1 is 1.22 bits per heavy atom. The lowest BCUT2D eigenvalue weighted by atomic mass is 9.90. The van der Waals surface area contributed by atoms with Crippen LogP contribution in [0.15, 0.2) is 60.1 Å². The number of anilines is 1. The van der Waals surface area contributed by atoms with E-state index in [1.807, 2.05) is 18.2 Å². The summed E-state index contributed by atoms with van der Waals surface area (Å²) >= 11 is 0. The van der Waals surface area contributed by atoms with Crippen LogP contribution in [0.1, 0.15) is 29.5 Å². The van der Waals surface area contributed by atoms with E-state index in [0.717, 1.165) is 24.1 Å². The Morgan fingerprint density at radius 3 is 2.93 bits per heavy atom. The van der Waals surface area contributed by atoms with Crippen molar-refractivity contribution < 1.29 is 4.39 Å². The molecule has 4 rings (SSSR count). The zero-order chi connectivity index (χ0) is 18.6. The molecule has 1 aliphatic carbocycles. The number of aromatic nitrogens is 2. The van der Waals surface area contributed by atoms with E-state index in [1.54, 1.807) is 29.4 Å². The number of nitrogens with zero attached hydrogens (tertiary/aromatic N) is 3. The maximum atomic E-state index is 14.3. The molecule has 1 heterocycles. The van der Waals surface area contributed by atoms with Gasteiger partial charge in [-0.15, -0.1) is 0 Å². The zero-order valence-electron chi connectivity index (χ0n) is 15.0. The van der Waals surface area contributed by atoms with Crippen molar-refractivity contribution in [3.8, 4) is 5.69 Å². The number of imidazole rings is 1. The molecule has 3 N–H and O–H groups in total. The molecule has 0 radical (unpaired) electrons. The number of fused-ring (bicyclic) bond motifs is 1. The molecule has 0 unspecified atom stereocenters. The highest BCUT2D eigenvalue weighted by molar-refractivity contribution is 5.93. The molecular formula is C21H22FN5. The largest absolute Gasteiger partial charge is 0.370 e. The monoisotopic (exact) mass is 363 g/mol. The van der Waals surface area contributed by atoms with Crippen LogP contribution in [0.5, 0.6) is 0 Å². The Labute approximate surface area is 157 Å². The van der Waals surface area contributed by atoms with Gasteiger partial charge in [-0.3, -0.25) is 0 Å². The summed E-state index contributed by atoms with van der Waals surface area (Å²) in [5.74, 6) is 0.0254. The molecule has 2 aromatic carbocycles. The third-order valence-corrected chi connectivity index (χ3v) is 4.89. The van der Waals surface area contributed by atoms with Crippen molar-refractivity contribution in [3.05, 3.63) is 77.6 Å². The number of nitrogens with one attached hydrogen (secondary N) is 1. The third kappa shape index (κ3) is 3.84. The summed E-state index contributed by atoms with van der Waals surface area (Å²) in [7, 11) is 0. The summed E-state index contributed by atoms with van der Waals surface area (Å²) in [6.07, 6.45) is 9.51. The van der Waals surface area contributed by atoms with Gasteiger partial charge in [0.15, 0.2) is 5.96 Å². The van der Waals surface area contributed by atoms with Crippen LogP contribution >= 0.6 is 0 Å². The molecule has 0 amide bonds. The van der Waals surface area contributed by atoms with E-state index in [4.69, 9.17) is 5.73 Å². The number of rotatable bonds is 4. The highest BCUT2D eigenvalue weighted by Crippen LogP contribution is 2.27. The summed E-state index contributed by atoms with van der Waals surface area (Å²) in [5, 5.41) is 3.21. The van der Waals surface area contributed by atoms with Gasteiger partial charge < -0.3 is 15.6 Å². The standard InChI is InChI=1S/C21H22FN5/c22-18-12-15(8-9-20(18)27-11-10-24-14-27)13-25-21(23)26-19-7-3-5-16-4-1-2-6-17(16)19/h3,5,7-12,14H,1-2,4,6,13H2,(H3,23,25,26). The molecule has 0 atom stereocenters. The smallest absolute Gasteiger partial charge is 0.193 e. The molecule has 0 aliphatic heterocycles. The maximum Gasteiger partial charge on any atom is 0.193 e. The first kappa shape index (κ1) is 17.3. The van der Waals surface area contributed by atoms with Gasteiger partial charge in [0.25, 0.3) is 0 Å². The van der Waals surface area contributed by atoms with Gasteiger partial charge >= 0.3 is 0 Å². The molecule has 0 bridgehead atoms. The lowest BCUT2D eigenvalue weighted by Gasteiger charge is -2.19. The van der Waals surface area contributed by atoms with E-state index < -0.39 is 0 Å². The minimum absolute atomic E-state index is 0.314. The number of guanidine groups is 1. The van der Waals surface area contributed by atoms with E-state index in [-0.39, 0.29) is 5.82 Å². The van der Waals surface area contributed by atoms with E-state index >= 15 is 0 Å². The molecule has 138 valence electrons. The minimum atomic E-state index is -0.315. The van der Waals surface area contributed by atoms with Gasteiger partial charge in [-0.1, -0.05) is 18.2 Å². The second-order valence-electron chi connectivity index (χ2n) is 6.73. The molecule has 1 aliphatic rings. The van der Waals surface area contributed by atoms with Crippen molar-refractivity contribution in [2.24, 2.45) is 10.7 Å². The second kappa shape index (κ2) is 7.61. The van der Waals surface area contributed by atoms with Crippen molar-refractivity contribution in [3.63, 3.8) is 0 Å². The first-order chi connectivity index (χ1) is 13.2. The third-order valence-electron chi connectivity index (χ3n) is 4.89. The quantitative estimate of drug-likeness (QED) is 0.547. The Hall–Kier alpha value is -3.15. The van der Waals surface area contributed by atoms with Crippen LogP contribution in [0.3, 0.4) is 0 Å². The van der Waals surface area contributed by atoms with Gasteiger partial charge in [0, 0.05) is 18.1 Å². The normalized spacial score (nSPS) is 14.0. The molecule has 0 spiro atoms. The average molecular weight is 363 g/mol. The van der Waals surface area contributed by atoms with Gasteiger partial charge in [-0.05, 0) is 60.6 Å². The summed E-state index contributed by atoms with van der Waals surface area (Å²) in [4.78, 5) is 8.31. The van der Waals surface area contributed by atoms with Gasteiger partial charge in [0.05, 0.1) is 18.6 Å². The number of nitrogens with two attached hydrogens (primary N) is 1. The summed E-state index contributed by atoms with van der Waals surface area (Å²) in [6.45, 7) is 0.314. The first-order valence-electron chi connectivity index (χ1n) is 9.15. The van der Waals surface area contributed by atoms with Crippen molar-refractivity contribution in [2.45, 2.75) is 32.2 Å². The Bertz CT molecular complexity index is 963. The van der Waals surface area contributed by atoms with Gasteiger partial charge in [0.1, 0.15) is 5.82 Å². The number of benzene rings is 2. The number of halogens is 1. The van der Waals surface area contributed by atoms with E-state index in [9.17, 15) is 4.39 Å². The lowest BCUT2D eigenvalue weighted by molar-refractivity contribution is 0.616. The fraction of sp³-hybridized carbons (Fsp3) is 0.238. The molecule has 6 heteroatoms. The van der Waals surface area contributed by atoms with E-state index in [0.29, 0.717) is 18.2 Å². The lowest BCUT2D eigenvalue weighted by Crippen LogP contribution is -2.24. The van der Waals surface area contributed by atoms with Gasteiger partial charge in [-0.2, -0.15) is 0 Å². The molecule has 0 fully saturated rings.